The van der Waals surface area contributed by atoms with Crippen LogP contribution in [0.2, 0.25) is 0 Å². The Morgan fingerprint density at radius 1 is 1.03 bits per heavy atom. The number of hydrogen-bond acceptors (Lipinski definition) is 5. The van der Waals surface area contributed by atoms with E-state index in [1.165, 1.54) is 4.68 Å². The molecule has 7 nitrogen and oxygen atoms in total. The molecule has 36 heavy (non-hydrogen) atoms. The van der Waals surface area contributed by atoms with Gasteiger partial charge in [-0.25, -0.2) is 9.20 Å². The Balaban J connectivity index is 1.59. The number of hydrogen-bond donors (Lipinski definition) is 0. The smallest absolute Gasteiger partial charge is 0.310 e. The lowest BCUT2D eigenvalue weighted by atomic mass is 9.92. The van der Waals surface area contributed by atoms with Crippen LogP contribution < -0.4 is 5.56 Å². The Morgan fingerprint density at radius 3 is 2.58 bits per heavy atom. The van der Waals surface area contributed by atoms with Crippen LogP contribution in [0.5, 0.6) is 0 Å². The van der Waals surface area contributed by atoms with E-state index < -0.39 is 5.60 Å². The van der Waals surface area contributed by atoms with Crippen LogP contribution >= 0.6 is 0 Å². The number of carbonyl (C=O) groups is 1. The molecule has 0 aliphatic heterocycles. The lowest BCUT2D eigenvalue weighted by molar-refractivity contribution is -0.154. The molecule has 0 bridgehead atoms. The fraction of sp³-hybridized carbons (Fsp3) is 0.310. The summed E-state index contributed by atoms with van der Waals surface area (Å²) in [6.45, 7) is 5.56. The number of rotatable bonds is 5. The summed E-state index contributed by atoms with van der Waals surface area (Å²) < 4.78 is 8.92. The van der Waals surface area contributed by atoms with Crippen LogP contribution in [0.4, 0.5) is 0 Å². The number of pyridine rings is 1. The summed E-state index contributed by atoms with van der Waals surface area (Å²) in [6, 6.07) is 18.9. The molecule has 0 N–H and O–H groups in total. The van der Waals surface area contributed by atoms with E-state index in [1.54, 1.807) is 12.1 Å². The van der Waals surface area contributed by atoms with Gasteiger partial charge >= 0.3 is 5.97 Å². The average molecular weight is 483 g/mol. The van der Waals surface area contributed by atoms with Gasteiger partial charge in [-0.05, 0) is 63.8 Å². The van der Waals surface area contributed by atoms with Gasteiger partial charge in [-0.1, -0.05) is 42.5 Å². The van der Waals surface area contributed by atoms with E-state index in [2.05, 4.69) is 6.08 Å². The second kappa shape index (κ2) is 9.57. The van der Waals surface area contributed by atoms with E-state index in [-0.39, 0.29) is 24.0 Å². The number of carbonyl (C=O) groups excluding carboxylic acids is 1. The molecule has 4 aromatic rings. The molecule has 184 valence electrons. The Hall–Kier alpha value is -4.00. The third kappa shape index (κ3) is 4.87. The fourth-order valence-corrected chi connectivity index (χ4v) is 4.76. The number of aromatic nitrogens is 4. The topological polar surface area (TPSA) is 78.5 Å². The molecule has 3 heterocycles. The highest BCUT2D eigenvalue weighted by Gasteiger charge is 2.27. The molecule has 1 aromatic carbocycles. The zero-order valence-corrected chi connectivity index (χ0v) is 20.8. The summed E-state index contributed by atoms with van der Waals surface area (Å²) >= 11 is 0. The van der Waals surface area contributed by atoms with Crippen molar-refractivity contribution >= 4 is 11.5 Å². The summed E-state index contributed by atoms with van der Waals surface area (Å²) in [5.41, 5.74) is 4.33. The van der Waals surface area contributed by atoms with Gasteiger partial charge < -0.3 is 4.74 Å². The van der Waals surface area contributed by atoms with Crippen LogP contribution in [0, 0.1) is 0 Å². The molecule has 1 unspecified atom stereocenters. The van der Waals surface area contributed by atoms with Crippen molar-refractivity contribution in [3.05, 3.63) is 88.9 Å². The molecule has 0 radical (unpaired) electrons. The van der Waals surface area contributed by atoms with Crippen LogP contribution in [0.15, 0.2) is 83.3 Å². The zero-order chi connectivity index (χ0) is 25.3. The second-order valence-corrected chi connectivity index (χ2v) is 10.1. The maximum Gasteiger partial charge on any atom is 0.310 e. The minimum atomic E-state index is -0.561. The molecule has 7 heteroatoms. The van der Waals surface area contributed by atoms with Crippen LogP contribution in [0.3, 0.4) is 0 Å². The second-order valence-electron chi connectivity index (χ2n) is 10.1. The standard InChI is InChI=1S/C29H30N4O3/c1-29(2,3)36-26(35)19-21-13-7-8-14-23(21)33-25(34)17-16-22(30-33)27-24-15-9-10-18-32(24)31-28(27)20-11-5-4-6-12-20/h4-6,9-13,15-18,23H,7-8,14,19H2,1-3H3. The van der Waals surface area contributed by atoms with Gasteiger partial charge in [0.2, 0.25) is 0 Å². The first-order valence-corrected chi connectivity index (χ1v) is 12.3. The molecule has 0 saturated heterocycles. The molecule has 5 rings (SSSR count). The molecule has 0 saturated carbocycles. The van der Waals surface area contributed by atoms with E-state index in [0.717, 1.165) is 47.2 Å². The van der Waals surface area contributed by atoms with Crippen LogP contribution in [0.1, 0.15) is 52.5 Å². The molecule has 0 fully saturated rings. The summed E-state index contributed by atoms with van der Waals surface area (Å²) in [7, 11) is 0. The van der Waals surface area contributed by atoms with Gasteiger partial charge in [0.05, 0.1) is 29.2 Å². The average Bonchev–Trinajstić information content (AvgIpc) is 3.24. The van der Waals surface area contributed by atoms with Crippen molar-refractivity contribution in [1.29, 1.82) is 0 Å². The number of esters is 1. The van der Waals surface area contributed by atoms with Crippen LogP contribution in [-0.2, 0) is 9.53 Å². The largest absolute Gasteiger partial charge is 0.460 e. The van der Waals surface area contributed by atoms with Gasteiger partial charge in [0.15, 0.2) is 0 Å². The number of nitrogens with zero attached hydrogens (tertiary/aromatic N) is 4. The van der Waals surface area contributed by atoms with E-state index in [1.807, 2.05) is 80.0 Å². The lowest BCUT2D eigenvalue weighted by Gasteiger charge is -2.26. The monoisotopic (exact) mass is 482 g/mol. The number of benzene rings is 1. The molecule has 1 aliphatic rings. The zero-order valence-electron chi connectivity index (χ0n) is 20.8. The summed E-state index contributed by atoms with van der Waals surface area (Å²) in [6.07, 6.45) is 6.65. The summed E-state index contributed by atoms with van der Waals surface area (Å²) in [5, 5.41) is 9.69. The quantitative estimate of drug-likeness (QED) is 0.273. The van der Waals surface area contributed by atoms with Crippen LogP contribution in [-0.4, -0.2) is 31.0 Å². The maximum absolute atomic E-state index is 13.1. The van der Waals surface area contributed by atoms with Gasteiger partial charge in [0.1, 0.15) is 11.3 Å². The summed E-state index contributed by atoms with van der Waals surface area (Å²) in [4.78, 5) is 25.7. The van der Waals surface area contributed by atoms with Crippen molar-refractivity contribution in [2.24, 2.45) is 0 Å². The SMILES string of the molecule is CC(C)(C)OC(=O)CC1=CCCCC1n1nc(-c2c(-c3ccccc3)nn3ccccc23)ccc1=O. The van der Waals surface area contributed by atoms with Crippen molar-refractivity contribution < 1.29 is 9.53 Å². The van der Waals surface area contributed by atoms with E-state index >= 15 is 0 Å². The third-order valence-corrected chi connectivity index (χ3v) is 6.25. The minimum absolute atomic E-state index is 0.145. The van der Waals surface area contributed by atoms with Crippen molar-refractivity contribution in [3.8, 4) is 22.5 Å². The van der Waals surface area contributed by atoms with E-state index in [0.29, 0.717) is 5.69 Å². The van der Waals surface area contributed by atoms with Gasteiger partial charge in [-0.3, -0.25) is 9.59 Å². The van der Waals surface area contributed by atoms with Gasteiger partial charge in [0, 0.05) is 17.8 Å². The molecule has 0 amide bonds. The predicted molar refractivity (Wildman–Crippen MR) is 140 cm³/mol. The first kappa shape index (κ1) is 23.7. The van der Waals surface area contributed by atoms with Crippen molar-refractivity contribution in [2.45, 2.75) is 58.1 Å². The third-order valence-electron chi connectivity index (χ3n) is 6.25. The Morgan fingerprint density at radius 2 is 1.81 bits per heavy atom. The summed E-state index contributed by atoms with van der Waals surface area (Å²) in [5.74, 6) is -0.293. The maximum atomic E-state index is 13.1. The molecular weight excluding hydrogens is 452 g/mol. The lowest BCUT2D eigenvalue weighted by Crippen LogP contribution is -2.31. The predicted octanol–water partition coefficient (Wildman–Crippen LogP) is 5.61. The molecular formula is C29H30N4O3. The molecule has 1 atom stereocenters. The molecule has 0 spiro atoms. The highest BCUT2D eigenvalue weighted by Crippen LogP contribution is 2.35. The number of ether oxygens (including phenoxy) is 1. The first-order chi connectivity index (χ1) is 17.3. The van der Waals surface area contributed by atoms with Crippen molar-refractivity contribution in [3.63, 3.8) is 0 Å². The molecule has 3 aromatic heterocycles. The van der Waals surface area contributed by atoms with E-state index in [4.69, 9.17) is 14.9 Å². The normalized spacial score (nSPS) is 16.1. The number of allylic oxidation sites excluding steroid dienone is 1. The Kier molecular flexibility index (Phi) is 6.31. The van der Waals surface area contributed by atoms with E-state index in [9.17, 15) is 9.59 Å². The van der Waals surface area contributed by atoms with Gasteiger partial charge in [0.25, 0.3) is 5.56 Å². The van der Waals surface area contributed by atoms with Crippen molar-refractivity contribution in [1.82, 2.24) is 19.4 Å². The first-order valence-electron chi connectivity index (χ1n) is 12.3. The van der Waals surface area contributed by atoms with Crippen molar-refractivity contribution in [2.75, 3.05) is 0 Å². The van der Waals surface area contributed by atoms with Crippen LogP contribution in [0.25, 0.3) is 28.0 Å². The Labute approximate surface area is 210 Å². The van der Waals surface area contributed by atoms with Gasteiger partial charge in [-0.15, -0.1) is 0 Å². The minimum Gasteiger partial charge on any atom is -0.460 e. The highest BCUT2D eigenvalue weighted by atomic mass is 16.6. The Bertz CT molecular complexity index is 1490. The molecule has 1 aliphatic carbocycles. The highest BCUT2D eigenvalue weighted by molar-refractivity contribution is 5.90. The number of fused-ring (bicyclic) bond motifs is 1. The van der Waals surface area contributed by atoms with Gasteiger partial charge in [-0.2, -0.15) is 10.2 Å². The fourth-order valence-electron chi connectivity index (χ4n) is 4.76.